The largest absolute Gasteiger partial charge is 0.311 e. The maximum atomic E-state index is 12.5. The highest BCUT2D eigenvalue weighted by Gasteiger charge is 2.06. The number of alkyl halides is 2. The van der Waals surface area contributed by atoms with Crippen LogP contribution >= 0.6 is 0 Å². The van der Waals surface area contributed by atoms with Crippen LogP contribution in [0.5, 0.6) is 0 Å². The van der Waals surface area contributed by atoms with Crippen molar-refractivity contribution >= 4 is 0 Å². The monoisotopic (exact) mass is 252 g/mol. The maximum absolute atomic E-state index is 12.5. The van der Waals surface area contributed by atoms with Crippen LogP contribution in [0.2, 0.25) is 0 Å². The summed E-state index contributed by atoms with van der Waals surface area (Å²) in [4.78, 5) is 0. The number of benzene rings is 1. The first-order chi connectivity index (χ1) is 8.75. The second kappa shape index (κ2) is 6.20. The van der Waals surface area contributed by atoms with Gasteiger partial charge in [-0.2, -0.15) is 0 Å². The van der Waals surface area contributed by atoms with Gasteiger partial charge in [0.2, 0.25) is 0 Å². The Bertz CT molecular complexity index is 471. The molecule has 0 bridgehead atoms. The van der Waals surface area contributed by atoms with Crippen LogP contribution in [0.25, 0.3) is 0 Å². The van der Waals surface area contributed by atoms with Gasteiger partial charge in [-0.05, 0) is 11.6 Å². The molecule has 96 valence electrons. The summed E-state index contributed by atoms with van der Waals surface area (Å²) < 4.78 is 26.7. The van der Waals surface area contributed by atoms with Crippen molar-refractivity contribution in [1.82, 2.24) is 20.3 Å². The third kappa shape index (κ3) is 3.59. The van der Waals surface area contributed by atoms with Crippen molar-refractivity contribution in [1.29, 1.82) is 0 Å². The molecule has 0 fully saturated rings. The molecular weight excluding hydrogens is 238 g/mol. The van der Waals surface area contributed by atoms with Gasteiger partial charge in [0.05, 0.1) is 12.7 Å². The smallest absolute Gasteiger partial charge is 0.263 e. The zero-order chi connectivity index (χ0) is 12.8. The fourth-order valence-corrected chi connectivity index (χ4v) is 1.62. The molecule has 0 atom stereocenters. The molecule has 1 aromatic heterocycles. The highest BCUT2D eigenvalue weighted by molar-refractivity contribution is 5.24. The second-order valence-electron chi connectivity index (χ2n) is 3.89. The normalized spacial score (nSPS) is 11.1. The van der Waals surface area contributed by atoms with Crippen LogP contribution in [0.15, 0.2) is 36.7 Å². The first-order valence-corrected chi connectivity index (χ1v) is 5.67. The van der Waals surface area contributed by atoms with E-state index >= 15 is 0 Å². The van der Waals surface area contributed by atoms with E-state index in [9.17, 15) is 8.78 Å². The highest BCUT2D eigenvalue weighted by Crippen LogP contribution is 2.19. The fourth-order valence-electron chi connectivity index (χ4n) is 1.62. The van der Waals surface area contributed by atoms with Crippen molar-refractivity contribution in [2.45, 2.75) is 19.5 Å². The molecule has 1 heterocycles. The van der Waals surface area contributed by atoms with E-state index in [4.69, 9.17) is 0 Å². The molecule has 0 unspecified atom stereocenters. The molecule has 0 spiro atoms. The van der Waals surface area contributed by atoms with Crippen molar-refractivity contribution in [3.63, 3.8) is 0 Å². The van der Waals surface area contributed by atoms with Crippen molar-refractivity contribution in [3.8, 4) is 0 Å². The lowest BCUT2D eigenvalue weighted by atomic mass is 10.1. The lowest BCUT2D eigenvalue weighted by Gasteiger charge is -2.06. The van der Waals surface area contributed by atoms with Crippen LogP contribution in [0, 0.1) is 0 Å². The van der Waals surface area contributed by atoms with E-state index in [1.165, 1.54) is 12.1 Å². The predicted molar refractivity (Wildman–Crippen MR) is 63.1 cm³/mol. The van der Waals surface area contributed by atoms with Crippen LogP contribution in [0.3, 0.4) is 0 Å². The van der Waals surface area contributed by atoms with Crippen molar-refractivity contribution in [2.75, 3.05) is 6.54 Å². The van der Waals surface area contributed by atoms with E-state index in [0.717, 1.165) is 5.56 Å². The average Bonchev–Trinajstić information content (AvgIpc) is 2.88. The van der Waals surface area contributed by atoms with Gasteiger partial charge in [-0.1, -0.05) is 23.4 Å². The third-order valence-corrected chi connectivity index (χ3v) is 2.52. The summed E-state index contributed by atoms with van der Waals surface area (Å²) in [6, 6.07) is 6.43. The molecule has 0 saturated heterocycles. The lowest BCUT2D eigenvalue weighted by molar-refractivity contribution is 0.151. The first kappa shape index (κ1) is 12.6. The molecule has 1 N–H and O–H groups in total. The van der Waals surface area contributed by atoms with E-state index in [1.807, 2.05) is 6.07 Å². The molecule has 0 aliphatic rings. The van der Waals surface area contributed by atoms with Gasteiger partial charge < -0.3 is 5.32 Å². The summed E-state index contributed by atoms with van der Waals surface area (Å²) in [6.07, 6.45) is 0.977. The standard InChI is InChI=1S/C12H14F2N4/c13-12(14)11-3-1-2-10(8-11)9-15-4-6-18-7-5-16-17-18/h1-3,5,7-8,12,15H,4,6,9H2. The molecule has 18 heavy (non-hydrogen) atoms. The van der Waals surface area contributed by atoms with Gasteiger partial charge in [0.25, 0.3) is 6.43 Å². The van der Waals surface area contributed by atoms with Gasteiger partial charge in [-0.25, -0.2) is 8.78 Å². The number of nitrogens with zero attached hydrogens (tertiary/aromatic N) is 3. The Morgan fingerprint density at radius 3 is 2.94 bits per heavy atom. The topological polar surface area (TPSA) is 42.7 Å². The molecule has 6 heteroatoms. The van der Waals surface area contributed by atoms with Gasteiger partial charge in [0, 0.05) is 24.8 Å². The molecule has 4 nitrogen and oxygen atoms in total. The number of rotatable bonds is 6. The molecular formula is C12H14F2N4. The van der Waals surface area contributed by atoms with Gasteiger partial charge in [0.15, 0.2) is 0 Å². The summed E-state index contributed by atoms with van der Waals surface area (Å²) in [5.74, 6) is 0. The molecule has 0 saturated carbocycles. The van der Waals surface area contributed by atoms with Gasteiger partial charge >= 0.3 is 0 Å². The number of aromatic nitrogens is 3. The number of hydrogen-bond acceptors (Lipinski definition) is 3. The third-order valence-electron chi connectivity index (χ3n) is 2.52. The highest BCUT2D eigenvalue weighted by atomic mass is 19.3. The van der Waals surface area contributed by atoms with Crippen LogP contribution in [-0.4, -0.2) is 21.5 Å². The Labute approximate surface area is 104 Å². The summed E-state index contributed by atoms with van der Waals surface area (Å²) in [6.45, 7) is 1.98. The minimum atomic E-state index is -2.42. The van der Waals surface area contributed by atoms with Crippen LogP contribution in [0.4, 0.5) is 8.78 Å². The Kier molecular flexibility index (Phi) is 4.35. The van der Waals surface area contributed by atoms with E-state index < -0.39 is 6.43 Å². The Hall–Kier alpha value is -1.82. The first-order valence-electron chi connectivity index (χ1n) is 5.67. The van der Waals surface area contributed by atoms with E-state index in [0.29, 0.717) is 19.6 Å². The van der Waals surface area contributed by atoms with E-state index in [-0.39, 0.29) is 5.56 Å². The van der Waals surface area contributed by atoms with Crippen molar-refractivity contribution in [2.24, 2.45) is 0 Å². The SMILES string of the molecule is FC(F)c1cccc(CNCCn2ccnn2)c1. The average molecular weight is 252 g/mol. The molecule has 2 aromatic rings. The molecule has 0 aliphatic heterocycles. The summed E-state index contributed by atoms with van der Waals surface area (Å²) >= 11 is 0. The zero-order valence-corrected chi connectivity index (χ0v) is 9.76. The van der Waals surface area contributed by atoms with E-state index in [1.54, 1.807) is 23.1 Å². The van der Waals surface area contributed by atoms with Gasteiger partial charge in [-0.15, -0.1) is 5.10 Å². The molecule has 0 aliphatic carbocycles. The Morgan fingerprint density at radius 1 is 1.33 bits per heavy atom. The van der Waals surface area contributed by atoms with Crippen LogP contribution in [-0.2, 0) is 13.1 Å². The summed E-state index contributed by atoms with van der Waals surface area (Å²) in [5.41, 5.74) is 0.914. The molecule has 0 amide bonds. The maximum Gasteiger partial charge on any atom is 0.263 e. The summed E-state index contributed by atoms with van der Waals surface area (Å²) in [5, 5.41) is 10.7. The minimum absolute atomic E-state index is 0.0607. The zero-order valence-electron chi connectivity index (χ0n) is 9.76. The quantitative estimate of drug-likeness (QED) is 0.800. The Morgan fingerprint density at radius 2 is 2.22 bits per heavy atom. The van der Waals surface area contributed by atoms with E-state index in [2.05, 4.69) is 15.6 Å². The predicted octanol–water partition coefficient (Wildman–Crippen LogP) is 2.01. The Balaban J connectivity index is 1.78. The number of nitrogens with one attached hydrogen (secondary N) is 1. The number of hydrogen-bond donors (Lipinski definition) is 1. The molecule has 1 aromatic carbocycles. The van der Waals surface area contributed by atoms with Crippen molar-refractivity contribution in [3.05, 3.63) is 47.8 Å². The lowest BCUT2D eigenvalue weighted by Crippen LogP contribution is -2.19. The number of halogens is 2. The van der Waals surface area contributed by atoms with Crippen LogP contribution < -0.4 is 5.32 Å². The summed E-state index contributed by atoms with van der Waals surface area (Å²) in [7, 11) is 0. The molecule has 0 radical (unpaired) electrons. The second-order valence-corrected chi connectivity index (χ2v) is 3.89. The minimum Gasteiger partial charge on any atom is -0.311 e. The van der Waals surface area contributed by atoms with Crippen LogP contribution in [0.1, 0.15) is 17.6 Å². The van der Waals surface area contributed by atoms with Gasteiger partial charge in [-0.3, -0.25) is 4.68 Å². The molecule has 2 rings (SSSR count). The van der Waals surface area contributed by atoms with Crippen molar-refractivity contribution < 1.29 is 8.78 Å². The van der Waals surface area contributed by atoms with Gasteiger partial charge in [0.1, 0.15) is 0 Å². The fraction of sp³-hybridized carbons (Fsp3) is 0.333.